The standard InChI is InChI=1S/C30H24F3N3O2.C29H23F3N4O2.C28H22F3N5O2/c1-18-10-13-20(14-11-18)35-27(37)22-17-19(12-15-23(22)30(31,32)33)21-7-6-8-24-26(21)29(2,3)28(38)36(24)25-9-4-5-16-34-25;1-17-7-10-19(11-8-17)35-26(37)21-15-18(9-12-22(21)29(30,31)32)20-5-4-6-23-25(20)28(2,3)27(38)36(23)24-13-14-33-16-34-24;1-16-8-10-18(11-9-16)35-24(37)20-14-17(15-34-23(20)28(29,30)31)19-6-4-7-21-22(19)27(2,3)25(38)36(21)26-32-12-5-13-33-26/h4-17H,1-3H3,(H,35,37);4-16H,1-3H3,(H,35,37);4-15H,1-3H3,(H,35,37). The van der Waals surface area contributed by atoms with Gasteiger partial charge in [0.2, 0.25) is 23.7 Å². The first-order valence-corrected chi connectivity index (χ1v) is 35.5. The number of hydrogen-bond donors (Lipinski definition) is 3. The largest absolute Gasteiger partial charge is 0.434 e. The number of amides is 6. The first-order chi connectivity index (χ1) is 53.9. The summed E-state index contributed by atoms with van der Waals surface area (Å²) in [4.78, 5) is 109. The molecule has 12 aromatic rings. The lowest BCUT2D eigenvalue weighted by Gasteiger charge is -2.21. The molecule has 0 unspecified atom stereocenters. The van der Waals surface area contributed by atoms with Gasteiger partial charge in [0.15, 0.2) is 5.69 Å². The summed E-state index contributed by atoms with van der Waals surface area (Å²) < 4.78 is 125. The van der Waals surface area contributed by atoms with Gasteiger partial charge < -0.3 is 16.0 Å². The third kappa shape index (κ3) is 15.3. The van der Waals surface area contributed by atoms with E-state index < -0.39 is 86.0 Å². The number of aryl methyl sites for hydroxylation is 3. The number of aromatic nitrogens is 6. The second kappa shape index (κ2) is 30.2. The van der Waals surface area contributed by atoms with Crippen LogP contribution in [-0.2, 0) is 49.2 Å². The molecule has 0 atom stereocenters. The van der Waals surface area contributed by atoms with Crippen LogP contribution in [0.15, 0.2) is 238 Å². The van der Waals surface area contributed by atoms with E-state index in [0.29, 0.717) is 90.3 Å². The van der Waals surface area contributed by atoms with Crippen molar-refractivity contribution in [2.24, 2.45) is 0 Å². The normalized spacial score (nSPS) is 14.4. The van der Waals surface area contributed by atoms with Gasteiger partial charge in [0.25, 0.3) is 17.7 Å². The number of fused-ring (bicyclic) bond motifs is 3. The number of benzene rings is 8. The number of carbonyl (C=O) groups is 6. The predicted octanol–water partition coefficient (Wildman–Crippen LogP) is 20.0. The molecular formula is C87H69F9N12O6. The highest BCUT2D eigenvalue weighted by Crippen LogP contribution is 2.53. The molecule has 3 aliphatic heterocycles. The third-order valence-corrected chi connectivity index (χ3v) is 19.8. The zero-order valence-corrected chi connectivity index (χ0v) is 62.4. The highest BCUT2D eigenvalue weighted by Gasteiger charge is 2.51. The van der Waals surface area contributed by atoms with E-state index in [1.165, 1.54) is 63.9 Å². The van der Waals surface area contributed by atoms with Crippen molar-refractivity contribution in [1.82, 2.24) is 29.9 Å². The summed E-state index contributed by atoms with van der Waals surface area (Å²) in [6, 6.07) is 52.5. The van der Waals surface area contributed by atoms with Gasteiger partial charge in [0.1, 0.15) is 18.0 Å². The number of alkyl halides is 9. The van der Waals surface area contributed by atoms with Crippen LogP contribution in [0.1, 0.15) is 123 Å². The van der Waals surface area contributed by atoms with Gasteiger partial charge in [-0.1, -0.05) is 108 Å². The molecule has 6 amide bonds. The maximum Gasteiger partial charge on any atom is 0.434 e. The molecule has 7 heterocycles. The van der Waals surface area contributed by atoms with Crippen LogP contribution < -0.4 is 30.7 Å². The van der Waals surface area contributed by atoms with E-state index in [-0.39, 0.29) is 29.2 Å². The van der Waals surface area contributed by atoms with Gasteiger partial charge in [-0.3, -0.25) is 43.6 Å². The van der Waals surface area contributed by atoms with E-state index in [2.05, 4.69) is 45.9 Å². The van der Waals surface area contributed by atoms with E-state index in [1.807, 2.05) is 20.8 Å². The molecule has 0 fully saturated rings. The fourth-order valence-corrected chi connectivity index (χ4v) is 14.1. The minimum absolute atomic E-state index is 0.185. The fraction of sp³-hybridized carbons (Fsp3) is 0.172. The summed E-state index contributed by atoms with van der Waals surface area (Å²) in [7, 11) is 0. The van der Waals surface area contributed by atoms with Gasteiger partial charge >= 0.3 is 18.5 Å². The van der Waals surface area contributed by atoms with Crippen molar-refractivity contribution < 1.29 is 68.3 Å². The van der Waals surface area contributed by atoms with Crippen molar-refractivity contribution in [3.05, 3.63) is 304 Å². The van der Waals surface area contributed by atoms with Crippen LogP contribution in [-0.4, -0.2) is 65.3 Å². The molecule has 4 aromatic heterocycles. The van der Waals surface area contributed by atoms with Crippen molar-refractivity contribution in [3.8, 4) is 33.4 Å². The SMILES string of the molecule is Cc1ccc(NC(=O)c2cc(-c3cccc4c3C(C)(C)C(=O)N4c3ccccn3)ccc2C(F)(F)F)cc1.Cc1ccc(NC(=O)c2cc(-c3cccc4c3C(C)(C)C(=O)N4c3ccncn3)ccc2C(F)(F)F)cc1.Cc1ccc(NC(=O)c2cc(-c3cccc4c3C(C)(C)C(=O)N4c3ncccn3)cnc2C(F)(F)F)cc1. The Bertz CT molecular complexity index is 5210. The number of halogens is 9. The molecule has 0 saturated carbocycles. The Morgan fingerprint density at radius 3 is 1.12 bits per heavy atom. The molecule has 3 N–H and O–H groups in total. The van der Waals surface area contributed by atoms with Crippen molar-refractivity contribution in [1.29, 1.82) is 0 Å². The molecule has 27 heteroatoms. The Balaban J connectivity index is 0.000000149. The first kappa shape index (κ1) is 78.5. The minimum atomic E-state index is -4.85. The predicted molar refractivity (Wildman–Crippen MR) is 415 cm³/mol. The third-order valence-electron chi connectivity index (χ3n) is 19.8. The van der Waals surface area contributed by atoms with Crippen molar-refractivity contribution in [3.63, 3.8) is 0 Å². The van der Waals surface area contributed by atoms with Crippen LogP contribution in [0.3, 0.4) is 0 Å². The lowest BCUT2D eigenvalue weighted by atomic mass is 9.81. The van der Waals surface area contributed by atoms with E-state index in [9.17, 15) is 68.3 Å². The molecule has 0 radical (unpaired) electrons. The van der Waals surface area contributed by atoms with Crippen LogP contribution in [0.25, 0.3) is 33.4 Å². The van der Waals surface area contributed by atoms with Crippen LogP contribution in [0.2, 0.25) is 0 Å². The molecule has 576 valence electrons. The topological polar surface area (TPSA) is 226 Å². The summed E-state index contributed by atoms with van der Waals surface area (Å²) in [6.45, 7) is 16.1. The number of pyridine rings is 2. The monoisotopic (exact) mass is 1550 g/mol. The molecule has 0 bridgehead atoms. The second-order valence-electron chi connectivity index (χ2n) is 28.8. The van der Waals surface area contributed by atoms with Gasteiger partial charge in [0, 0.05) is 53.6 Å². The van der Waals surface area contributed by atoms with Crippen LogP contribution in [0.4, 0.5) is 91.2 Å². The van der Waals surface area contributed by atoms with Crippen molar-refractivity contribution >= 4 is 87.2 Å². The van der Waals surface area contributed by atoms with Crippen molar-refractivity contribution in [2.45, 2.75) is 97.1 Å². The lowest BCUT2D eigenvalue weighted by Crippen LogP contribution is -2.34. The summed E-state index contributed by atoms with van der Waals surface area (Å²) >= 11 is 0. The molecule has 18 nitrogen and oxygen atoms in total. The second-order valence-corrected chi connectivity index (χ2v) is 28.8. The van der Waals surface area contributed by atoms with Gasteiger partial charge in [0.05, 0.1) is 61.1 Å². The van der Waals surface area contributed by atoms with Gasteiger partial charge in [-0.25, -0.2) is 29.8 Å². The Morgan fingerprint density at radius 1 is 0.360 bits per heavy atom. The number of rotatable bonds is 12. The van der Waals surface area contributed by atoms with Crippen LogP contribution in [0.5, 0.6) is 0 Å². The van der Waals surface area contributed by atoms with Crippen molar-refractivity contribution in [2.75, 3.05) is 30.7 Å². The zero-order valence-electron chi connectivity index (χ0n) is 62.4. The Morgan fingerprint density at radius 2 is 0.737 bits per heavy atom. The highest BCUT2D eigenvalue weighted by molar-refractivity contribution is 6.17. The molecule has 0 aliphatic carbocycles. The molecule has 8 aromatic carbocycles. The van der Waals surface area contributed by atoms with Gasteiger partial charge in [-0.2, -0.15) is 39.5 Å². The number of hydrogen-bond acceptors (Lipinski definition) is 12. The Hall–Kier alpha value is -13.6. The molecule has 0 saturated heterocycles. The summed E-state index contributed by atoms with van der Waals surface area (Å²) in [5.74, 6) is -2.40. The molecule has 3 aliphatic rings. The maximum absolute atomic E-state index is 13.9. The van der Waals surface area contributed by atoms with E-state index in [1.54, 1.807) is 205 Å². The zero-order chi connectivity index (χ0) is 81.7. The molecular weight excluding hydrogens is 1480 g/mol. The first-order valence-electron chi connectivity index (χ1n) is 35.5. The van der Waals surface area contributed by atoms with E-state index >= 15 is 0 Å². The van der Waals surface area contributed by atoms with Gasteiger partial charge in [-0.15, -0.1) is 0 Å². The quantitative estimate of drug-likeness (QED) is 0.0971. The van der Waals surface area contributed by atoms with E-state index in [4.69, 9.17) is 0 Å². The highest BCUT2D eigenvalue weighted by atomic mass is 19.4. The average molecular weight is 1550 g/mol. The summed E-state index contributed by atoms with van der Waals surface area (Å²) in [5, 5.41) is 7.66. The van der Waals surface area contributed by atoms with Crippen LogP contribution >= 0.6 is 0 Å². The minimum Gasteiger partial charge on any atom is -0.322 e. The number of carbonyl (C=O) groups excluding carboxylic acids is 6. The fourth-order valence-electron chi connectivity index (χ4n) is 14.1. The maximum atomic E-state index is 13.9. The smallest absolute Gasteiger partial charge is 0.322 e. The number of anilines is 9. The van der Waals surface area contributed by atoms with Gasteiger partial charge in [-0.05, 0) is 216 Å². The Labute approximate surface area is 647 Å². The number of nitrogens with one attached hydrogen (secondary N) is 3. The average Bonchev–Trinajstić information content (AvgIpc) is 1.58. The Kier molecular flexibility index (Phi) is 20.8. The summed E-state index contributed by atoms with van der Waals surface area (Å²) in [6.07, 6.45) is -5.76. The van der Waals surface area contributed by atoms with E-state index in [0.717, 1.165) is 41.1 Å². The molecule has 0 spiro atoms. The number of nitrogens with zero attached hydrogens (tertiary/aromatic N) is 9. The molecule has 15 rings (SSSR count). The van der Waals surface area contributed by atoms with Crippen LogP contribution in [0, 0.1) is 20.8 Å². The molecule has 114 heavy (non-hydrogen) atoms. The lowest BCUT2D eigenvalue weighted by molar-refractivity contribution is -0.141. The summed E-state index contributed by atoms with van der Waals surface area (Å²) in [5.41, 5.74) is 2.06.